The summed E-state index contributed by atoms with van der Waals surface area (Å²) in [5.41, 5.74) is 1.73. The van der Waals surface area contributed by atoms with E-state index >= 15 is 0 Å². The summed E-state index contributed by atoms with van der Waals surface area (Å²) < 4.78 is 0. The van der Waals surface area contributed by atoms with Gasteiger partial charge in [0.05, 0.1) is 17.7 Å². The predicted molar refractivity (Wildman–Crippen MR) is 51.3 cm³/mol. The summed E-state index contributed by atoms with van der Waals surface area (Å²) in [6, 6.07) is 9.55. The third kappa shape index (κ3) is 1.60. The lowest BCUT2D eigenvalue weighted by Gasteiger charge is -2.09. The molecule has 1 aliphatic heterocycles. The molecule has 1 unspecified atom stereocenters. The van der Waals surface area contributed by atoms with Gasteiger partial charge in [-0.05, 0) is 24.1 Å². The first-order chi connectivity index (χ1) is 6.79. The molecule has 1 atom stereocenters. The van der Waals surface area contributed by atoms with Crippen LogP contribution in [0.25, 0.3) is 0 Å². The van der Waals surface area contributed by atoms with Gasteiger partial charge in [-0.2, -0.15) is 5.26 Å². The molecule has 0 radical (unpaired) electrons. The second-order valence-corrected chi connectivity index (χ2v) is 3.39. The van der Waals surface area contributed by atoms with E-state index in [1.54, 1.807) is 12.1 Å². The summed E-state index contributed by atoms with van der Waals surface area (Å²) in [6.07, 6.45) is 1.45. The molecular weight excluding hydrogens is 176 g/mol. The Morgan fingerprint density at radius 2 is 2.07 bits per heavy atom. The molecular formula is C11H10N2O. The van der Waals surface area contributed by atoms with E-state index in [9.17, 15) is 4.79 Å². The maximum absolute atomic E-state index is 11.0. The number of rotatable bonds is 1. The van der Waals surface area contributed by atoms with Gasteiger partial charge in [-0.25, -0.2) is 0 Å². The number of amides is 1. The molecule has 1 N–H and O–H groups in total. The Labute approximate surface area is 82.4 Å². The van der Waals surface area contributed by atoms with Crippen LogP contribution in [0.3, 0.4) is 0 Å². The molecule has 2 rings (SSSR count). The summed E-state index contributed by atoms with van der Waals surface area (Å²) in [6.45, 7) is 0. The molecule has 1 aliphatic rings. The number of nitrogens with zero attached hydrogens (tertiary/aromatic N) is 1. The summed E-state index contributed by atoms with van der Waals surface area (Å²) >= 11 is 0. The van der Waals surface area contributed by atoms with Crippen molar-refractivity contribution in [3.8, 4) is 6.07 Å². The van der Waals surface area contributed by atoms with Gasteiger partial charge in [0, 0.05) is 6.42 Å². The number of hydrogen-bond donors (Lipinski definition) is 1. The second-order valence-electron chi connectivity index (χ2n) is 3.39. The van der Waals surface area contributed by atoms with Crippen LogP contribution in [0.2, 0.25) is 0 Å². The first-order valence-corrected chi connectivity index (χ1v) is 4.59. The lowest BCUT2D eigenvalue weighted by Crippen LogP contribution is -2.18. The zero-order valence-corrected chi connectivity index (χ0v) is 7.66. The fourth-order valence-electron chi connectivity index (χ4n) is 1.65. The molecule has 70 valence electrons. The maximum Gasteiger partial charge on any atom is 0.220 e. The summed E-state index contributed by atoms with van der Waals surface area (Å²) in [7, 11) is 0. The predicted octanol–water partition coefficient (Wildman–Crippen LogP) is 1.51. The van der Waals surface area contributed by atoms with Crippen LogP contribution in [0.1, 0.15) is 30.0 Å². The van der Waals surface area contributed by atoms with E-state index in [2.05, 4.69) is 11.4 Å². The largest absolute Gasteiger partial charge is 0.349 e. The van der Waals surface area contributed by atoms with Crippen molar-refractivity contribution in [3.05, 3.63) is 35.4 Å². The normalized spacial score (nSPS) is 20.2. The molecule has 0 spiro atoms. The monoisotopic (exact) mass is 186 g/mol. The molecule has 3 heteroatoms. The highest BCUT2D eigenvalue weighted by atomic mass is 16.1. The lowest BCUT2D eigenvalue weighted by molar-refractivity contribution is -0.119. The van der Waals surface area contributed by atoms with Gasteiger partial charge in [-0.3, -0.25) is 4.79 Å². The molecule has 0 aromatic heterocycles. The van der Waals surface area contributed by atoms with Crippen molar-refractivity contribution < 1.29 is 4.79 Å². The lowest BCUT2D eigenvalue weighted by atomic mass is 10.0. The van der Waals surface area contributed by atoms with Gasteiger partial charge in [0.1, 0.15) is 0 Å². The fourth-order valence-corrected chi connectivity index (χ4v) is 1.65. The highest BCUT2D eigenvalue weighted by Gasteiger charge is 2.21. The molecule has 0 bridgehead atoms. The number of nitriles is 1. The van der Waals surface area contributed by atoms with Crippen molar-refractivity contribution in [2.45, 2.75) is 18.9 Å². The second kappa shape index (κ2) is 3.51. The average molecular weight is 186 g/mol. The van der Waals surface area contributed by atoms with E-state index in [4.69, 9.17) is 5.26 Å². The van der Waals surface area contributed by atoms with Crippen LogP contribution < -0.4 is 5.32 Å². The van der Waals surface area contributed by atoms with E-state index in [1.807, 2.05) is 12.1 Å². The third-order valence-electron chi connectivity index (χ3n) is 2.44. The molecule has 1 amide bonds. The van der Waals surface area contributed by atoms with E-state index in [0.29, 0.717) is 12.0 Å². The molecule has 3 nitrogen and oxygen atoms in total. The van der Waals surface area contributed by atoms with Gasteiger partial charge < -0.3 is 5.32 Å². The Bertz CT molecular complexity index is 389. The number of nitrogens with one attached hydrogen (secondary N) is 1. The number of carbonyl (C=O) groups excluding carboxylic acids is 1. The van der Waals surface area contributed by atoms with Crippen molar-refractivity contribution in [1.82, 2.24) is 5.32 Å². The Hall–Kier alpha value is -1.82. The summed E-state index contributed by atoms with van der Waals surface area (Å²) in [4.78, 5) is 11.0. The Balaban J connectivity index is 2.18. The van der Waals surface area contributed by atoms with Gasteiger partial charge in [0.25, 0.3) is 0 Å². The molecule has 1 aromatic rings. The molecule has 1 fully saturated rings. The fraction of sp³-hybridized carbons (Fsp3) is 0.273. The van der Waals surface area contributed by atoms with Crippen LogP contribution in [0, 0.1) is 11.3 Å². The Morgan fingerprint density at radius 3 is 2.57 bits per heavy atom. The van der Waals surface area contributed by atoms with E-state index in [0.717, 1.165) is 12.0 Å². The van der Waals surface area contributed by atoms with Crippen LogP contribution >= 0.6 is 0 Å². The first-order valence-electron chi connectivity index (χ1n) is 4.59. The number of hydrogen-bond acceptors (Lipinski definition) is 2. The molecule has 0 saturated carbocycles. The molecule has 1 heterocycles. The van der Waals surface area contributed by atoms with E-state index < -0.39 is 0 Å². The van der Waals surface area contributed by atoms with Gasteiger partial charge in [-0.1, -0.05) is 12.1 Å². The minimum absolute atomic E-state index is 0.111. The molecule has 14 heavy (non-hydrogen) atoms. The van der Waals surface area contributed by atoms with Crippen molar-refractivity contribution in [2.24, 2.45) is 0 Å². The van der Waals surface area contributed by atoms with Gasteiger partial charge in [0.2, 0.25) is 5.91 Å². The smallest absolute Gasteiger partial charge is 0.220 e. The van der Waals surface area contributed by atoms with Crippen molar-refractivity contribution in [3.63, 3.8) is 0 Å². The van der Waals surface area contributed by atoms with Gasteiger partial charge in [0.15, 0.2) is 0 Å². The quantitative estimate of drug-likeness (QED) is 0.722. The highest BCUT2D eigenvalue weighted by molar-refractivity contribution is 5.78. The third-order valence-corrected chi connectivity index (χ3v) is 2.44. The van der Waals surface area contributed by atoms with Crippen LogP contribution in [-0.4, -0.2) is 5.91 Å². The van der Waals surface area contributed by atoms with Gasteiger partial charge in [-0.15, -0.1) is 0 Å². The number of benzene rings is 1. The maximum atomic E-state index is 11.0. The molecule has 1 saturated heterocycles. The Morgan fingerprint density at radius 1 is 1.36 bits per heavy atom. The van der Waals surface area contributed by atoms with Gasteiger partial charge >= 0.3 is 0 Å². The minimum atomic E-state index is 0.111. The zero-order chi connectivity index (χ0) is 9.97. The van der Waals surface area contributed by atoms with Crippen LogP contribution in [0.5, 0.6) is 0 Å². The zero-order valence-electron chi connectivity index (χ0n) is 7.66. The Kier molecular flexibility index (Phi) is 2.19. The topological polar surface area (TPSA) is 52.9 Å². The molecule has 1 aromatic carbocycles. The first kappa shape index (κ1) is 8.76. The highest BCUT2D eigenvalue weighted by Crippen LogP contribution is 2.23. The average Bonchev–Trinajstić information content (AvgIpc) is 2.65. The van der Waals surface area contributed by atoms with Crippen LogP contribution in [0.15, 0.2) is 24.3 Å². The number of carbonyl (C=O) groups is 1. The van der Waals surface area contributed by atoms with E-state index in [1.165, 1.54) is 0 Å². The SMILES string of the molecule is N#Cc1ccc(C2CCC(=O)N2)cc1. The summed E-state index contributed by atoms with van der Waals surface area (Å²) in [5.74, 6) is 0.111. The van der Waals surface area contributed by atoms with Crippen LogP contribution in [-0.2, 0) is 4.79 Å². The van der Waals surface area contributed by atoms with Crippen molar-refractivity contribution in [2.75, 3.05) is 0 Å². The van der Waals surface area contributed by atoms with Crippen LogP contribution in [0.4, 0.5) is 0 Å². The van der Waals surface area contributed by atoms with Crippen molar-refractivity contribution in [1.29, 1.82) is 5.26 Å². The van der Waals surface area contributed by atoms with E-state index in [-0.39, 0.29) is 11.9 Å². The summed E-state index contributed by atoms with van der Waals surface area (Å²) in [5, 5.41) is 11.5. The van der Waals surface area contributed by atoms with Crippen molar-refractivity contribution >= 4 is 5.91 Å². The minimum Gasteiger partial charge on any atom is -0.349 e. The standard InChI is InChI=1S/C11H10N2O/c12-7-8-1-3-9(4-2-8)10-5-6-11(14)13-10/h1-4,10H,5-6H2,(H,13,14). The molecule has 0 aliphatic carbocycles.